The standard InChI is InChI=1S/C21H41NO4.Li.H/c1-2-3-4-5-6-7-8-9-10-11-12-13-14-15-18-26-20(23)17-16-19(22)21(24)25;;/h19H,2-18,22H2,1H3,(H,24,25);;/q;+1;-1/t19-;;/m0../s1. The normalized spacial score (nSPS) is 11.6. The second kappa shape index (κ2) is 21.8. The molecule has 0 rings (SSSR count). The van der Waals surface area contributed by atoms with Crippen LogP contribution in [0.3, 0.4) is 0 Å². The molecular formula is C21H42LiNO4. The Morgan fingerprint density at radius 3 is 1.67 bits per heavy atom. The van der Waals surface area contributed by atoms with E-state index in [9.17, 15) is 9.59 Å². The van der Waals surface area contributed by atoms with Crippen LogP contribution in [0.5, 0.6) is 0 Å². The third kappa shape index (κ3) is 21.7. The number of carboxylic acids is 1. The summed E-state index contributed by atoms with van der Waals surface area (Å²) in [6, 6.07) is -0.983. The molecule has 0 aliphatic carbocycles. The minimum absolute atomic E-state index is 0. The number of hydrogen-bond donors (Lipinski definition) is 2. The summed E-state index contributed by atoms with van der Waals surface area (Å²) in [5.41, 5.74) is 5.34. The molecule has 0 radical (unpaired) electrons. The van der Waals surface area contributed by atoms with Gasteiger partial charge >= 0.3 is 30.8 Å². The van der Waals surface area contributed by atoms with Crippen LogP contribution in [0.15, 0.2) is 0 Å². The van der Waals surface area contributed by atoms with Crippen molar-refractivity contribution in [1.82, 2.24) is 0 Å². The Hall–Kier alpha value is -0.503. The summed E-state index contributed by atoms with van der Waals surface area (Å²) in [5.74, 6) is -1.43. The van der Waals surface area contributed by atoms with E-state index in [1.165, 1.54) is 77.0 Å². The Morgan fingerprint density at radius 1 is 0.852 bits per heavy atom. The number of nitrogens with two attached hydrogens (primary N) is 1. The summed E-state index contributed by atoms with van der Waals surface area (Å²) >= 11 is 0. The smallest absolute Gasteiger partial charge is 1.00 e. The fourth-order valence-corrected chi connectivity index (χ4v) is 2.95. The third-order valence-electron chi connectivity index (χ3n) is 4.74. The van der Waals surface area contributed by atoms with Crippen molar-refractivity contribution in [3.8, 4) is 0 Å². The molecule has 1 atom stereocenters. The first-order valence-electron chi connectivity index (χ1n) is 10.7. The Morgan fingerprint density at radius 2 is 1.26 bits per heavy atom. The van der Waals surface area contributed by atoms with Crippen LogP contribution in [0.4, 0.5) is 0 Å². The largest absolute Gasteiger partial charge is 1.00 e. The molecule has 156 valence electrons. The topological polar surface area (TPSA) is 89.6 Å². The summed E-state index contributed by atoms with van der Waals surface area (Å²) in [7, 11) is 0. The fraction of sp³-hybridized carbons (Fsp3) is 0.905. The molecule has 0 bridgehead atoms. The second-order valence-electron chi connectivity index (χ2n) is 7.30. The average Bonchev–Trinajstić information content (AvgIpc) is 2.62. The zero-order valence-corrected chi connectivity index (χ0v) is 17.8. The number of hydrogen-bond acceptors (Lipinski definition) is 4. The zero-order chi connectivity index (χ0) is 19.5. The van der Waals surface area contributed by atoms with Crippen molar-refractivity contribution in [2.75, 3.05) is 6.61 Å². The number of aliphatic carboxylic acids is 1. The number of esters is 1. The Labute approximate surface area is 179 Å². The van der Waals surface area contributed by atoms with E-state index in [2.05, 4.69) is 6.92 Å². The Balaban J connectivity index is -0.00000312. The molecule has 0 saturated heterocycles. The first-order valence-corrected chi connectivity index (χ1v) is 10.7. The second-order valence-corrected chi connectivity index (χ2v) is 7.30. The van der Waals surface area contributed by atoms with Gasteiger partial charge in [0.25, 0.3) is 0 Å². The van der Waals surface area contributed by atoms with Gasteiger partial charge in [-0.05, 0) is 12.8 Å². The van der Waals surface area contributed by atoms with Crippen molar-refractivity contribution in [2.24, 2.45) is 5.73 Å². The molecule has 0 spiro atoms. The maximum Gasteiger partial charge on any atom is 1.00 e. The van der Waals surface area contributed by atoms with Crippen molar-refractivity contribution in [3.05, 3.63) is 0 Å². The van der Waals surface area contributed by atoms with Gasteiger partial charge in [-0.15, -0.1) is 0 Å². The van der Waals surface area contributed by atoms with E-state index in [4.69, 9.17) is 15.6 Å². The summed E-state index contributed by atoms with van der Waals surface area (Å²) in [6.07, 6.45) is 18.3. The van der Waals surface area contributed by atoms with Gasteiger partial charge in [0.2, 0.25) is 0 Å². The van der Waals surface area contributed by atoms with Gasteiger partial charge in [0.1, 0.15) is 6.04 Å². The van der Waals surface area contributed by atoms with E-state index in [0.29, 0.717) is 6.61 Å². The first-order chi connectivity index (χ1) is 12.6. The maximum atomic E-state index is 11.4. The summed E-state index contributed by atoms with van der Waals surface area (Å²) in [4.78, 5) is 22.0. The molecule has 0 aromatic carbocycles. The van der Waals surface area contributed by atoms with Gasteiger partial charge in [0.05, 0.1) is 6.61 Å². The molecule has 0 aliphatic rings. The average molecular weight is 380 g/mol. The predicted octanol–water partition coefficient (Wildman–Crippen LogP) is 2.32. The first kappa shape index (κ1) is 28.7. The Bertz CT molecular complexity index is 359. The molecule has 27 heavy (non-hydrogen) atoms. The number of carboxylic acid groups (broad SMARTS) is 1. The monoisotopic (exact) mass is 379 g/mol. The van der Waals surface area contributed by atoms with E-state index in [1.807, 2.05) is 0 Å². The molecule has 0 amide bonds. The molecule has 0 aliphatic heterocycles. The third-order valence-corrected chi connectivity index (χ3v) is 4.74. The summed E-state index contributed by atoms with van der Waals surface area (Å²) in [6.45, 7) is 2.69. The molecule has 0 unspecified atom stereocenters. The summed E-state index contributed by atoms with van der Waals surface area (Å²) < 4.78 is 5.09. The van der Waals surface area contributed by atoms with Crippen LogP contribution in [0, 0.1) is 0 Å². The van der Waals surface area contributed by atoms with Crippen LogP contribution in [-0.2, 0) is 14.3 Å². The van der Waals surface area contributed by atoms with Crippen molar-refractivity contribution in [3.63, 3.8) is 0 Å². The number of carbonyl (C=O) groups excluding carboxylic acids is 1. The number of ether oxygens (including phenoxy) is 1. The zero-order valence-electron chi connectivity index (χ0n) is 18.8. The van der Waals surface area contributed by atoms with Gasteiger partial charge in [-0.25, -0.2) is 0 Å². The molecule has 5 nitrogen and oxygen atoms in total. The van der Waals surface area contributed by atoms with E-state index < -0.39 is 12.0 Å². The molecule has 0 aromatic rings. The number of unbranched alkanes of at least 4 members (excludes halogenated alkanes) is 13. The molecule has 0 heterocycles. The van der Waals surface area contributed by atoms with Crippen molar-refractivity contribution in [2.45, 2.75) is 116 Å². The van der Waals surface area contributed by atoms with Crippen molar-refractivity contribution in [1.29, 1.82) is 0 Å². The van der Waals surface area contributed by atoms with Crippen LogP contribution in [-0.4, -0.2) is 29.7 Å². The van der Waals surface area contributed by atoms with Crippen molar-refractivity contribution >= 4 is 11.9 Å². The van der Waals surface area contributed by atoms with Crippen LogP contribution >= 0.6 is 0 Å². The van der Waals surface area contributed by atoms with Crippen LogP contribution in [0.1, 0.15) is 111 Å². The molecule has 0 fully saturated rings. The van der Waals surface area contributed by atoms with Crippen LogP contribution in [0.2, 0.25) is 0 Å². The van der Waals surface area contributed by atoms with Gasteiger partial charge in [0.15, 0.2) is 0 Å². The minimum Gasteiger partial charge on any atom is -1.00 e. The van der Waals surface area contributed by atoms with Gasteiger partial charge in [-0.2, -0.15) is 0 Å². The summed E-state index contributed by atoms with van der Waals surface area (Å²) in [5, 5.41) is 8.63. The van der Waals surface area contributed by atoms with Crippen LogP contribution < -0.4 is 24.6 Å². The molecule has 6 heteroatoms. The van der Waals surface area contributed by atoms with Gasteiger partial charge < -0.3 is 17.0 Å². The quantitative estimate of drug-likeness (QED) is 0.204. The number of carbonyl (C=O) groups is 2. The van der Waals surface area contributed by atoms with E-state index >= 15 is 0 Å². The SMILES string of the molecule is CCCCCCCCCCCCCCCCOC(=O)CC[C@H](N)C(=O)O.[H-].[Li+]. The molecule has 0 saturated carbocycles. The molecule has 3 N–H and O–H groups in total. The van der Waals surface area contributed by atoms with Crippen LogP contribution in [0.25, 0.3) is 0 Å². The van der Waals surface area contributed by atoms with E-state index in [-0.39, 0.29) is 39.1 Å². The Kier molecular flexibility index (Phi) is 23.2. The number of rotatable bonds is 19. The van der Waals surface area contributed by atoms with E-state index in [1.54, 1.807) is 0 Å². The fourth-order valence-electron chi connectivity index (χ4n) is 2.95. The van der Waals surface area contributed by atoms with Gasteiger partial charge in [-0.3, -0.25) is 9.59 Å². The van der Waals surface area contributed by atoms with Crippen molar-refractivity contribution < 1.29 is 39.7 Å². The molecule has 0 aromatic heterocycles. The van der Waals surface area contributed by atoms with Gasteiger partial charge in [-0.1, -0.05) is 90.4 Å². The molecular weight excluding hydrogens is 337 g/mol. The predicted molar refractivity (Wildman–Crippen MR) is 107 cm³/mol. The van der Waals surface area contributed by atoms with Gasteiger partial charge in [0, 0.05) is 6.42 Å². The maximum absolute atomic E-state index is 11.4. The minimum atomic E-state index is -1.08. The van der Waals surface area contributed by atoms with E-state index in [0.717, 1.165) is 12.8 Å².